The standard InChI is InChI=1S/C26H33N5O2/c32-25(22-6-2-3-7-22)29-13-15-30(16-14-29)26(33)28-18-20-9-10-24(27-17-20)31-12-11-21-5-1-4-8-23(21)19-31/h1,4-5,8-10,17,22H,2-3,6-7,11-16,18-19H2,(H,28,33). The molecule has 1 aliphatic carbocycles. The molecule has 2 aromatic rings. The van der Waals surface area contributed by atoms with Crippen molar-refractivity contribution in [2.75, 3.05) is 37.6 Å². The third-order valence-electron chi connectivity index (χ3n) is 7.29. The maximum absolute atomic E-state index is 12.6. The number of hydrogen-bond donors (Lipinski definition) is 1. The Bertz CT molecular complexity index is 978. The quantitative estimate of drug-likeness (QED) is 0.782. The Morgan fingerprint density at radius 3 is 2.36 bits per heavy atom. The first-order chi connectivity index (χ1) is 16.2. The number of anilines is 1. The van der Waals surface area contributed by atoms with Crippen molar-refractivity contribution in [1.29, 1.82) is 0 Å². The average molecular weight is 448 g/mol. The van der Waals surface area contributed by atoms with E-state index in [4.69, 9.17) is 0 Å². The molecule has 7 nitrogen and oxygen atoms in total. The van der Waals surface area contributed by atoms with Gasteiger partial charge in [0.15, 0.2) is 0 Å². The van der Waals surface area contributed by atoms with E-state index in [1.807, 2.05) is 28.1 Å². The van der Waals surface area contributed by atoms with Crippen LogP contribution < -0.4 is 10.2 Å². The fourth-order valence-corrected chi connectivity index (χ4v) is 5.25. The van der Waals surface area contributed by atoms with Gasteiger partial charge in [-0.2, -0.15) is 0 Å². The molecule has 1 N–H and O–H groups in total. The van der Waals surface area contributed by atoms with Gasteiger partial charge >= 0.3 is 6.03 Å². The van der Waals surface area contributed by atoms with E-state index in [1.165, 1.54) is 24.0 Å². The summed E-state index contributed by atoms with van der Waals surface area (Å²) in [5.74, 6) is 1.47. The highest BCUT2D eigenvalue weighted by Gasteiger charge is 2.30. The summed E-state index contributed by atoms with van der Waals surface area (Å²) in [7, 11) is 0. The molecule has 2 aliphatic heterocycles. The molecule has 33 heavy (non-hydrogen) atoms. The molecular weight excluding hydrogens is 414 g/mol. The summed E-state index contributed by atoms with van der Waals surface area (Å²) >= 11 is 0. The fraction of sp³-hybridized carbons (Fsp3) is 0.500. The predicted molar refractivity (Wildman–Crippen MR) is 128 cm³/mol. The van der Waals surface area contributed by atoms with Gasteiger partial charge in [-0.3, -0.25) is 4.79 Å². The predicted octanol–water partition coefficient (Wildman–Crippen LogP) is 3.19. The Labute approximate surface area is 195 Å². The number of nitrogens with one attached hydrogen (secondary N) is 1. The second-order valence-electron chi connectivity index (χ2n) is 9.42. The van der Waals surface area contributed by atoms with Crippen molar-refractivity contribution in [2.45, 2.75) is 45.2 Å². The molecule has 5 rings (SSSR count). The summed E-state index contributed by atoms with van der Waals surface area (Å²) in [6, 6.07) is 12.6. The van der Waals surface area contributed by atoms with Gasteiger partial charge in [-0.15, -0.1) is 0 Å². The number of aromatic nitrogens is 1. The Hall–Kier alpha value is -3.09. The zero-order valence-corrected chi connectivity index (χ0v) is 19.2. The Kier molecular flexibility index (Phi) is 6.46. The number of hydrogen-bond acceptors (Lipinski definition) is 4. The van der Waals surface area contributed by atoms with E-state index in [0.717, 1.165) is 43.7 Å². The highest BCUT2D eigenvalue weighted by Crippen LogP contribution is 2.27. The molecule has 1 aromatic carbocycles. The van der Waals surface area contributed by atoms with Gasteiger partial charge in [0.05, 0.1) is 0 Å². The lowest BCUT2D eigenvalue weighted by Gasteiger charge is -2.36. The molecular formula is C26H33N5O2. The van der Waals surface area contributed by atoms with Gasteiger partial charge in [-0.1, -0.05) is 43.2 Å². The van der Waals surface area contributed by atoms with Crippen molar-refractivity contribution in [3.63, 3.8) is 0 Å². The van der Waals surface area contributed by atoms with Crippen LogP contribution >= 0.6 is 0 Å². The molecule has 2 fully saturated rings. The summed E-state index contributed by atoms with van der Waals surface area (Å²) in [6.07, 6.45) is 7.28. The van der Waals surface area contributed by atoms with E-state index in [1.54, 1.807) is 0 Å². The van der Waals surface area contributed by atoms with Crippen LogP contribution in [-0.4, -0.2) is 59.4 Å². The van der Waals surface area contributed by atoms with Gasteiger partial charge in [0.25, 0.3) is 0 Å². The van der Waals surface area contributed by atoms with Crippen LogP contribution in [0, 0.1) is 5.92 Å². The van der Waals surface area contributed by atoms with Gasteiger partial charge in [0, 0.05) is 57.9 Å². The van der Waals surface area contributed by atoms with Crippen molar-refractivity contribution in [3.05, 3.63) is 59.3 Å². The number of rotatable bonds is 4. The van der Waals surface area contributed by atoms with E-state index in [2.05, 4.69) is 39.5 Å². The van der Waals surface area contributed by atoms with Crippen molar-refractivity contribution >= 4 is 17.8 Å². The van der Waals surface area contributed by atoms with E-state index >= 15 is 0 Å². The maximum atomic E-state index is 12.6. The van der Waals surface area contributed by atoms with E-state index in [0.29, 0.717) is 32.7 Å². The summed E-state index contributed by atoms with van der Waals surface area (Å²) in [4.78, 5) is 35.9. The fourth-order valence-electron chi connectivity index (χ4n) is 5.25. The number of nitrogens with zero attached hydrogens (tertiary/aromatic N) is 4. The van der Waals surface area contributed by atoms with Crippen LogP contribution in [-0.2, 0) is 24.3 Å². The molecule has 0 atom stereocenters. The molecule has 0 bridgehead atoms. The second-order valence-corrected chi connectivity index (χ2v) is 9.42. The third kappa shape index (κ3) is 4.97. The molecule has 0 unspecified atom stereocenters. The number of urea groups is 1. The first-order valence-corrected chi connectivity index (χ1v) is 12.3. The van der Waals surface area contributed by atoms with Crippen molar-refractivity contribution in [2.24, 2.45) is 5.92 Å². The van der Waals surface area contributed by atoms with Gasteiger partial charge in [0.1, 0.15) is 5.82 Å². The largest absolute Gasteiger partial charge is 0.352 e. The zero-order valence-electron chi connectivity index (χ0n) is 19.2. The van der Waals surface area contributed by atoms with Gasteiger partial charge in [-0.05, 0) is 42.0 Å². The van der Waals surface area contributed by atoms with Crippen molar-refractivity contribution < 1.29 is 9.59 Å². The summed E-state index contributed by atoms with van der Waals surface area (Å²) < 4.78 is 0. The molecule has 1 aromatic heterocycles. The molecule has 1 saturated heterocycles. The minimum Gasteiger partial charge on any atom is -0.352 e. The number of piperazine rings is 1. The third-order valence-corrected chi connectivity index (χ3v) is 7.29. The number of carbonyl (C=O) groups is 2. The van der Waals surface area contributed by atoms with Crippen molar-refractivity contribution in [1.82, 2.24) is 20.1 Å². The number of pyridine rings is 1. The van der Waals surface area contributed by atoms with Gasteiger partial charge < -0.3 is 20.0 Å². The average Bonchev–Trinajstić information content (AvgIpc) is 3.42. The monoisotopic (exact) mass is 447 g/mol. The molecule has 0 radical (unpaired) electrons. The Balaban J connectivity index is 1.08. The molecule has 0 spiro atoms. The zero-order chi connectivity index (χ0) is 22.6. The van der Waals surface area contributed by atoms with Crippen LogP contribution in [0.3, 0.4) is 0 Å². The lowest BCUT2D eigenvalue weighted by molar-refractivity contribution is -0.136. The smallest absolute Gasteiger partial charge is 0.317 e. The summed E-state index contributed by atoms with van der Waals surface area (Å²) in [5, 5.41) is 3.01. The lowest BCUT2D eigenvalue weighted by Crippen LogP contribution is -2.53. The second kappa shape index (κ2) is 9.81. The molecule has 7 heteroatoms. The van der Waals surface area contributed by atoms with Crippen molar-refractivity contribution in [3.8, 4) is 0 Å². The molecule has 3 heterocycles. The SMILES string of the molecule is O=C(NCc1ccc(N2CCc3ccccc3C2)nc1)N1CCN(C(=O)C2CCCC2)CC1. The Morgan fingerprint density at radius 1 is 0.909 bits per heavy atom. The maximum Gasteiger partial charge on any atom is 0.317 e. The van der Waals surface area contributed by atoms with Gasteiger partial charge in [0.2, 0.25) is 5.91 Å². The van der Waals surface area contributed by atoms with Crippen LogP contribution in [0.5, 0.6) is 0 Å². The topological polar surface area (TPSA) is 68.8 Å². The van der Waals surface area contributed by atoms with E-state index in [-0.39, 0.29) is 17.9 Å². The molecule has 3 aliphatic rings. The highest BCUT2D eigenvalue weighted by atomic mass is 16.2. The minimum atomic E-state index is -0.0697. The number of fused-ring (bicyclic) bond motifs is 1. The van der Waals surface area contributed by atoms with E-state index < -0.39 is 0 Å². The van der Waals surface area contributed by atoms with Gasteiger partial charge in [-0.25, -0.2) is 9.78 Å². The molecule has 1 saturated carbocycles. The lowest BCUT2D eigenvalue weighted by atomic mass is 10.00. The highest BCUT2D eigenvalue weighted by molar-refractivity contribution is 5.80. The van der Waals surface area contributed by atoms with Crippen LogP contribution in [0.15, 0.2) is 42.6 Å². The number of amides is 3. The Morgan fingerprint density at radius 2 is 1.64 bits per heavy atom. The summed E-state index contributed by atoms with van der Waals surface area (Å²) in [6.45, 7) is 4.77. The number of benzene rings is 1. The first-order valence-electron chi connectivity index (χ1n) is 12.3. The van der Waals surface area contributed by atoms with E-state index in [9.17, 15) is 9.59 Å². The van der Waals surface area contributed by atoms with Crippen LogP contribution in [0.2, 0.25) is 0 Å². The number of carbonyl (C=O) groups excluding carboxylic acids is 2. The first kappa shape index (κ1) is 21.7. The summed E-state index contributed by atoms with van der Waals surface area (Å²) in [5.41, 5.74) is 3.78. The van der Waals surface area contributed by atoms with Crippen LogP contribution in [0.25, 0.3) is 0 Å². The minimum absolute atomic E-state index is 0.0697. The normalized spacial score (nSPS) is 18.8. The molecule has 3 amide bonds. The molecule has 174 valence electrons. The van der Waals surface area contributed by atoms with Crippen LogP contribution in [0.4, 0.5) is 10.6 Å². The van der Waals surface area contributed by atoms with Crippen LogP contribution in [0.1, 0.15) is 42.4 Å².